The summed E-state index contributed by atoms with van der Waals surface area (Å²) >= 11 is 7.35. The number of carbonyl (C=O) groups excluding carboxylic acids is 2. The molecular formula is C13H13ClN4O2S. The molecule has 1 N–H and O–H groups in total. The van der Waals surface area contributed by atoms with E-state index in [2.05, 4.69) is 14.1 Å². The molecule has 2 heterocycles. The molecule has 1 aromatic heterocycles. The molecular weight excluding hydrogens is 312 g/mol. The lowest BCUT2D eigenvalue weighted by molar-refractivity contribution is -0.128. The molecule has 1 aliphatic rings. The summed E-state index contributed by atoms with van der Waals surface area (Å²) in [7, 11) is 0. The number of anilines is 1. The molecule has 2 amide bonds. The number of nitrogens with zero attached hydrogens (tertiary/aromatic N) is 3. The zero-order chi connectivity index (χ0) is 15.2. The predicted molar refractivity (Wildman–Crippen MR) is 81.6 cm³/mol. The van der Waals surface area contributed by atoms with Gasteiger partial charge in [0.25, 0.3) is 5.91 Å². The second-order valence-corrected chi connectivity index (χ2v) is 6.34. The second kappa shape index (κ2) is 4.92. The van der Waals surface area contributed by atoms with Crippen molar-refractivity contribution in [2.45, 2.75) is 25.8 Å². The molecule has 6 nitrogen and oxygen atoms in total. The molecule has 21 heavy (non-hydrogen) atoms. The van der Waals surface area contributed by atoms with Gasteiger partial charge < -0.3 is 10.2 Å². The number of hydrogen-bond donors (Lipinski definition) is 1. The van der Waals surface area contributed by atoms with Crippen molar-refractivity contribution in [3.8, 4) is 0 Å². The molecule has 1 fully saturated rings. The van der Waals surface area contributed by atoms with Gasteiger partial charge in [-0.3, -0.25) is 9.59 Å². The summed E-state index contributed by atoms with van der Waals surface area (Å²) in [5.41, 5.74) is 0.819. The van der Waals surface area contributed by atoms with Crippen LogP contribution >= 0.6 is 23.3 Å². The van der Waals surface area contributed by atoms with Gasteiger partial charge in [-0.2, -0.15) is 8.75 Å². The third kappa shape index (κ3) is 2.36. The van der Waals surface area contributed by atoms with E-state index in [1.807, 2.05) is 0 Å². The molecule has 3 rings (SSSR count). The fourth-order valence-corrected chi connectivity index (χ4v) is 3.19. The summed E-state index contributed by atoms with van der Waals surface area (Å²) in [4.78, 5) is 26.0. The quantitative estimate of drug-likeness (QED) is 0.870. The predicted octanol–water partition coefficient (Wildman–Crippen LogP) is 1.98. The average molecular weight is 325 g/mol. The van der Waals surface area contributed by atoms with Crippen LogP contribution in [-0.2, 0) is 9.59 Å². The number of halogens is 1. The maximum absolute atomic E-state index is 12.7. The van der Waals surface area contributed by atoms with Gasteiger partial charge >= 0.3 is 0 Å². The number of nitrogens with one attached hydrogen (secondary N) is 1. The van der Waals surface area contributed by atoms with Crippen LogP contribution in [0.2, 0.25) is 5.02 Å². The van der Waals surface area contributed by atoms with Gasteiger partial charge in [0.05, 0.1) is 22.4 Å². The van der Waals surface area contributed by atoms with Crippen molar-refractivity contribution < 1.29 is 9.59 Å². The second-order valence-electron chi connectivity index (χ2n) is 5.41. The third-order valence-corrected chi connectivity index (χ3v) is 4.26. The first-order valence-electron chi connectivity index (χ1n) is 6.44. The smallest absolute Gasteiger partial charge is 0.252 e. The van der Waals surface area contributed by atoms with Crippen LogP contribution in [0.3, 0.4) is 0 Å². The molecule has 0 atom stereocenters. The lowest BCUT2D eigenvalue weighted by atomic mass is 10.0. The SMILES string of the molecule is CC1(C)NC(=O)CCN(c2c(Cl)ccc3nsnc23)C1=O. The van der Waals surface area contributed by atoms with Crippen molar-refractivity contribution in [1.82, 2.24) is 14.1 Å². The molecule has 1 saturated heterocycles. The molecule has 1 aromatic carbocycles. The highest BCUT2D eigenvalue weighted by Crippen LogP contribution is 2.35. The Morgan fingerprint density at radius 1 is 1.33 bits per heavy atom. The molecule has 110 valence electrons. The summed E-state index contributed by atoms with van der Waals surface area (Å²) in [6.45, 7) is 3.63. The average Bonchev–Trinajstić information content (AvgIpc) is 2.84. The molecule has 1 aliphatic heterocycles. The number of amides is 2. The number of aromatic nitrogens is 2. The summed E-state index contributed by atoms with van der Waals surface area (Å²) in [5, 5.41) is 3.15. The number of hydrogen-bond acceptors (Lipinski definition) is 5. The van der Waals surface area contributed by atoms with E-state index in [-0.39, 0.29) is 24.8 Å². The molecule has 8 heteroatoms. The standard InChI is InChI=1S/C13H13ClN4O2S/c1-13(2)12(20)18(6-5-9(19)15-13)11-7(14)3-4-8-10(11)17-21-16-8/h3-4H,5-6H2,1-2H3,(H,15,19). The van der Waals surface area contributed by atoms with Crippen LogP contribution in [0, 0.1) is 0 Å². The van der Waals surface area contributed by atoms with E-state index in [1.165, 1.54) is 4.90 Å². The van der Waals surface area contributed by atoms with Crippen molar-refractivity contribution in [1.29, 1.82) is 0 Å². The van der Waals surface area contributed by atoms with E-state index < -0.39 is 5.54 Å². The monoisotopic (exact) mass is 324 g/mol. The van der Waals surface area contributed by atoms with Gasteiger partial charge in [-0.05, 0) is 26.0 Å². The van der Waals surface area contributed by atoms with Crippen molar-refractivity contribution in [2.24, 2.45) is 0 Å². The van der Waals surface area contributed by atoms with Crippen LogP contribution < -0.4 is 10.2 Å². The minimum atomic E-state index is -0.984. The van der Waals surface area contributed by atoms with Crippen molar-refractivity contribution in [3.63, 3.8) is 0 Å². The Bertz CT molecular complexity index is 743. The highest BCUT2D eigenvalue weighted by Gasteiger charge is 2.38. The van der Waals surface area contributed by atoms with Gasteiger partial charge in [0.2, 0.25) is 5.91 Å². The highest BCUT2D eigenvalue weighted by atomic mass is 35.5. The lowest BCUT2D eigenvalue weighted by Crippen LogP contribution is -2.53. The van der Waals surface area contributed by atoms with Crippen molar-refractivity contribution in [3.05, 3.63) is 17.2 Å². The fourth-order valence-electron chi connectivity index (χ4n) is 2.40. The summed E-state index contributed by atoms with van der Waals surface area (Å²) < 4.78 is 8.40. The number of rotatable bonds is 1. The van der Waals surface area contributed by atoms with E-state index in [0.29, 0.717) is 21.7 Å². The Morgan fingerprint density at radius 2 is 2.10 bits per heavy atom. The third-order valence-electron chi connectivity index (χ3n) is 3.42. The van der Waals surface area contributed by atoms with Crippen LogP contribution in [0.4, 0.5) is 5.69 Å². The zero-order valence-electron chi connectivity index (χ0n) is 11.5. The minimum absolute atomic E-state index is 0.157. The fraction of sp³-hybridized carbons (Fsp3) is 0.385. The Hall–Kier alpha value is -1.73. The van der Waals surface area contributed by atoms with Crippen LogP contribution in [0.1, 0.15) is 20.3 Å². The molecule has 0 saturated carbocycles. The van der Waals surface area contributed by atoms with Crippen LogP contribution in [0.25, 0.3) is 11.0 Å². The Kier molecular flexibility index (Phi) is 3.33. The van der Waals surface area contributed by atoms with Gasteiger partial charge in [0.1, 0.15) is 16.6 Å². The molecule has 0 radical (unpaired) electrons. The first-order chi connectivity index (χ1) is 9.90. The van der Waals surface area contributed by atoms with Crippen LogP contribution in [-0.4, -0.2) is 32.6 Å². The van der Waals surface area contributed by atoms with Crippen molar-refractivity contribution >= 4 is 51.9 Å². The molecule has 0 aliphatic carbocycles. The molecule has 0 unspecified atom stereocenters. The van der Waals surface area contributed by atoms with E-state index >= 15 is 0 Å². The number of carbonyl (C=O) groups is 2. The van der Waals surface area contributed by atoms with Gasteiger partial charge in [-0.15, -0.1) is 0 Å². The normalized spacial score (nSPS) is 18.7. The van der Waals surface area contributed by atoms with E-state index in [9.17, 15) is 9.59 Å². The lowest BCUT2D eigenvalue weighted by Gasteiger charge is -2.29. The van der Waals surface area contributed by atoms with Gasteiger partial charge in [-0.1, -0.05) is 11.6 Å². The van der Waals surface area contributed by atoms with E-state index in [0.717, 1.165) is 11.7 Å². The largest absolute Gasteiger partial charge is 0.342 e. The summed E-state index contributed by atoms with van der Waals surface area (Å²) in [6.07, 6.45) is 0.222. The van der Waals surface area contributed by atoms with Crippen LogP contribution in [0.5, 0.6) is 0 Å². The summed E-state index contributed by atoms with van der Waals surface area (Å²) in [5.74, 6) is -0.369. The Balaban J connectivity index is 2.16. The first-order valence-corrected chi connectivity index (χ1v) is 7.55. The van der Waals surface area contributed by atoms with Crippen LogP contribution in [0.15, 0.2) is 12.1 Å². The van der Waals surface area contributed by atoms with Gasteiger partial charge in [-0.25, -0.2) is 0 Å². The van der Waals surface area contributed by atoms with E-state index in [1.54, 1.807) is 26.0 Å². The highest BCUT2D eigenvalue weighted by molar-refractivity contribution is 7.00. The first kappa shape index (κ1) is 14.2. The van der Waals surface area contributed by atoms with Gasteiger partial charge in [0.15, 0.2) is 0 Å². The maximum atomic E-state index is 12.7. The maximum Gasteiger partial charge on any atom is 0.252 e. The molecule has 0 bridgehead atoms. The minimum Gasteiger partial charge on any atom is -0.342 e. The zero-order valence-corrected chi connectivity index (χ0v) is 13.1. The van der Waals surface area contributed by atoms with E-state index in [4.69, 9.17) is 11.6 Å². The molecule has 2 aromatic rings. The summed E-state index contributed by atoms with van der Waals surface area (Å²) in [6, 6.07) is 3.46. The van der Waals surface area contributed by atoms with Crippen molar-refractivity contribution in [2.75, 3.05) is 11.4 Å². The van der Waals surface area contributed by atoms with Gasteiger partial charge in [0, 0.05) is 13.0 Å². The Morgan fingerprint density at radius 3 is 2.86 bits per heavy atom. The number of benzene rings is 1. The number of fused-ring (bicyclic) bond motifs is 1. The topological polar surface area (TPSA) is 75.2 Å². The molecule has 0 spiro atoms. The Labute approximate surface area is 130 Å².